The van der Waals surface area contributed by atoms with Crippen LogP contribution in [0.3, 0.4) is 0 Å². The van der Waals surface area contributed by atoms with Crippen molar-refractivity contribution in [2.75, 3.05) is 6.54 Å². The molecule has 2 aliphatic heterocycles. The van der Waals surface area contributed by atoms with Crippen LogP contribution in [0.15, 0.2) is 36.8 Å². The lowest BCUT2D eigenvalue weighted by Gasteiger charge is -2.35. The molecule has 34 heavy (non-hydrogen) atoms. The Bertz CT molecular complexity index is 1480. The highest BCUT2D eigenvalue weighted by Gasteiger charge is 2.59. The molecule has 2 saturated heterocycles. The van der Waals surface area contributed by atoms with Crippen molar-refractivity contribution in [2.45, 2.75) is 50.7 Å². The van der Waals surface area contributed by atoms with Crippen molar-refractivity contribution in [1.29, 1.82) is 0 Å². The van der Waals surface area contributed by atoms with E-state index in [1.165, 1.54) is 12.1 Å². The molecule has 1 saturated carbocycles. The fourth-order valence-electron chi connectivity index (χ4n) is 5.32. The number of fused-ring (bicyclic) bond motifs is 3. The van der Waals surface area contributed by atoms with Gasteiger partial charge in [-0.1, -0.05) is 0 Å². The Morgan fingerprint density at radius 2 is 1.82 bits per heavy atom. The maximum absolute atomic E-state index is 15.1. The highest BCUT2D eigenvalue weighted by Crippen LogP contribution is 2.53. The molecule has 3 fully saturated rings. The lowest BCUT2D eigenvalue weighted by molar-refractivity contribution is 0.0246. The van der Waals surface area contributed by atoms with Crippen molar-refractivity contribution in [3.63, 3.8) is 0 Å². The van der Waals surface area contributed by atoms with E-state index < -0.39 is 17.2 Å². The van der Waals surface area contributed by atoms with Gasteiger partial charge in [0.25, 0.3) is 0 Å². The molecule has 176 valence electrons. The SMILES string of the molecule is Cn1cc2cc(-c3cc(F)c4nc(C56CC(C5)N(C(=O)OC(C)(C)C)C6)cn4c3)cc(F)c2n1. The quantitative estimate of drug-likeness (QED) is 0.426. The van der Waals surface area contributed by atoms with E-state index in [2.05, 4.69) is 10.1 Å². The number of carbonyl (C=O) groups is 1. The number of rotatable bonds is 2. The number of halogens is 2. The van der Waals surface area contributed by atoms with Crippen molar-refractivity contribution in [3.8, 4) is 11.1 Å². The summed E-state index contributed by atoms with van der Waals surface area (Å²) in [5, 5.41) is 4.78. The topological polar surface area (TPSA) is 64.7 Å². The second-order valence-corrected chi connectivity index (χ2v) is 10.6. The Morgan fingerprint density at radius 1 is 1.09 bits per heavy atom. The van der Waals surface area contributed by atoms with Gasteiger partial charge in [0, 0.05) is 54.6 Å². The average molecular weight is 466 g/mol. The van der Waals surface area contributed by atoms with Crippen molar-refractivity contribution in [1.82, 2.24) is 24.1 Å². The van der Waals surface area contributed by atoms with Gasteiger partial charge in [0.15, 0.2) is 17.3 Å². The van der Waals surface area contributed by atoms with Crippen molar-refractivity contribution < 1.29 is 18.3 Å². The number of amides is 1. The van der Waals surface area contributed by atoms with Gasteiger partial charge in [-0.25, -0.2) is 18.6 Å². The smallest absolute Gasteiger partial charge is 0.410 e. The van der Waals surface area contributed by atoms with Crippen LogP contribution in [-0.2, 0) is 17.2 Å². The molecule has 0 radical (unpaired) electrons. The van der Waals surface area contributed by atoms with Gasteiger partial charge < -0.3 is 14.0 Å². The fraction of sp³-hybridized carbons (Fsp3) is 0.400. The van der Waals surface area contributed by atoms with Crippen LogP contribution < -0.4 is 0 Å². The zero-order valence-electron chi connectivity index (χ0n) is 19.5. The highest BCUT2D eigenvalue weighted by atomic mass is 19.1. The van der Waals surface area contributed by atoms with E-state index in [1.54, 1.807) is 39.5 Å². The summed E-state index contributed by atoms with van der Waals surface area (Å²) < 4.78 is 38.5. The Balaban J connectivity index is 1.34. The number of ether oxygens (including phenoxy) is 1. The molecule has 0 spiro atoms. The van der Waals surface area contributed by atoms with Crippen LogP contribution in [0, 0.1) is 11.6 Å². The first kappa shape index (κ1) is 21.1. The summed E-state index contributed by atoms with van der Waals surface area (Å²) in [6, 6.07) is 4.67. The van der Waals surface area contributed by atoms with E-state index >= 15 is 4.39 Å². The Kier molecular flexibility index (Phi) is 4.20. The molecule has 0 N–H and O–H groups in total. The standard InChI is InChI=1S/C25H25F2N5O2/c1-24(2,3)34-23(33)32-13-25(8-17(32)9-25)20-12-31-11-15(7-19(27)22(31)28-20)14-5-16-10-30(4)29-21(16)18(26)6-14/h5-7,10-12,17H,8-9,13H2,1-4H3. The number of carbonyl (C=O) groups excluding carboxylic acids is 1. The van der Waals surface area contributed by atoms with Crippen molar-refractivity contribution in [3.05, 3.63) is 54.1 Å². The molecule has 5 heterocycles. The molecule has 2 bridgehead atoms. The van der Waals surface area contributed by atoms with Crippen LogP contribution in [0.25, 0.3) is 27.7 Å². The number of benzene rings is 1. The van der Waals surface area contributed by atoms with E-state index in [0.29, 0.717) is 23.1 Å². The van der Waals surface area contributed by atoms with Gasteiger partial charge >= 0.3 is 6.09 Å². The summed E-state index contributed by atoms with van der Waals surface area (Å²) in [4.78, 5) is 19.0. The number of nitrogens with zero attached hydrogens (tertiary/aromatic N) is 5. The molecule has 7 nitrogen and oxygen atoms in total. The zero-order valence-corrected chi connectivity index (χ0v) is 19.5. The maximum Gasteiger partial charge on any atom is 0.410 e. The molecule has 1 aliphatic carbocycles. The third kappa shape index (κ3) is 3.17. The van der Waals surface area contributed by atoms with Crippen LogP contribution in [0.1, 0.15) is 39.3 Å². The summed E-state index contributed by atoms with van der Waals surface area (Å²) in [7, 11) is 1.73. The second kappa shape index (κ2) is 6.77. The lowest BCUT2D eigenvalue weighted by atomic mass is 9.68. The minimum absolute atomic E-state index is 0.120. The predicted octanol–water partition coefficient (Wildman–Crippen LogP) is 4.82. The molecule has 0 unspecified atom stereocenters. The van der Waals surface area contributed by atoms with Crippen LogP contribution in [0.4, 0.5) is 13.6 Å². The molecule has 1 amide bonds. The van der Waals surface area contributed by atoms with Gasteiger partial charge in [-0.15, -0.1) is 0 Å². The van der Waals surface area contributed by atoms with E-state index in [9.17, 15) is 9.18 Å². The summed E-state index contributed by atoms with van der Waals surface area (Å²) in [6.07, 6.45) is 6.58. The number of imidazole rings is 1. The normalized spacial score (nSPS) is 21.9. The molecule has 9 heteroatoms. The van der Waals surface area contributed by atoms with E-state index in [0.717, 1.165) is 18.5 Å². The maximum atomic E-state index is 15.1. The van der Waals surface area contributed by atoms with Gasteiger partial charge in [-0.05, 0) is 57.4 Å². The minimum Gasteiger partial charge on any atom is -0.444 e. The number of pyridine rings is 1. The summed E-state index contributed by atoms with van der Waals surface area (Å²) in [5.74, 6) is -0.933. The highest BCUT2D eigenvalue weighted by molar-refractivity contribution is 5.85. The number of hydrogen-bond donors (Lipinski definition) is 0. The van der Waals surface area contributed by atoms with Gasteiger partial charge in [-0.3, -0.25) is 4.68 Å². The molecule has 3 aliphatic rings. The molecule has 4 aromatic rings. The first-order chi connectivity index (χ1) is 16.0. The fourth-order valence-corrected chi connectivity index (χ4v) is 5.32. The van der Waals surface area contributed by atoms with E-state index in [4.69, 9.17) is 4.74 Å². The number of hydrogen-bond acceptors (Lipinski definition) is 4. The lowest BCUT2D eigenvalue weighted by Crippen LogP contribution is -2.40. The van der Waals surface area contributed by atoms with Crippen LogP contribution in [0.5, 0.6) is 0 Å². The van der Waals surface area contributed by atoms with Crippen LogP contribution in [0.2, 0.25) is 0 Å². The van der Waals surface area contributed by atoms with E-state index in [1.807, 2.05) is 27.0 Å². The Hall–Kier alpha value is -3.49. The third-order valence-electron chi connectivity index (χ3n) is 6.85. The summed E-state index contributed by atoms with van der Waals surface area (Å²) in [5.41, 5.74) is 1.53. The predicted molar refractivity (Wildman–Crippen MR) is 122 cm³/mol. The molecule has 7 rings (SSSR count). The Morgan fingerprint density at radius 3 is 2.56 bits per heavy atom. The van der Waals surface area contributed by atoms with Crippen LogP contribution in [-0.4, -0.2) is 48.3 Å². The summed E-state index contributed by atoms with van der Waals surface area (Å²) in [6.45, 7) is 6.05. The van der Waals surface area contributed by atoms with Crippen LogP contribution >= 0.6 is 0 Å². The average Bonchev–Trinajstić information content (AvgIpc) is 3.45. The van der Waals surface area contributed by atoms with Crippen molar-refractivity contribution >= 4 is 22.6 Å². The largest absolute Gasteiger partial charge is 0.444 e. The van der Waals surface area contributed by atoms with Gasteiger partial charge in [0.05, 0.1) is 5.69 Å². The molecule has 0 atom stereocenters. The van der Waals surface area contributed by atoms with Gasteiger partial charge in [-0.2, -0.15) is 5.10 Å². The van der Waals surface area contributed by atoms with Crippen molar-refractivity contribution in [2.24, 2.45) is 7.05 Å². The summed E-state index contributed by atoms with van der Waals surface area (Å²) >= 11 is 0. The Labute approximate surface area is 194 Å². The molecule has 3 aromatic heterocycles. The van der Waals surface area contributed by atoms with E-state index in [-0.39, 0.29) is 28.7 Å². The first-order valence-electron chi connectivity index (χ1n) is 11.3. The minimum atomic E-state index is -0.557. The second-order valence-electron chi connectivity index (χ2n) is 10.6. The monoisotopic (exact) mass is 465 g/mol. The molecular formula is C25H25F2N5O2. The first-order valence-corrected chi connectivity index (χ1v) is 11.3. The number of aromatic nitrogens is 4. The van der Waals surface area contributed by atoms with Gasteiger partial charge in [0.2, 0.25) is 0 Å². The number of aryl methyl sites for hydroxylation is 1. The molecule has 1 aromatic carbocycles. The molecular weight excluding hydrogens is 440 g/mol. The van der Waals surface area contributed by atoms with Gasteiger partial charge in [0.1, 0.15) is 11.1 Å². The zero-order chi connectivity index (χ0) is 24.0. The third-order valence-corrected chi connectivity index (χ3v) is 6.85.